The van der Waals surface area contributed by atoms with Crippen LogP contribution < -0.4 is 0 Å². The molecule has 6 nitrogen and oxygen atoms in total. The molecule has 0 rings (SSSR count). The van der Waals surface area contributed by atoms with E-state index in [4.69, 9.17) is 14.1 Å². The van der Waals surface area contributed by atoms with Crippen molar-refractivity contribution >= 4 is 26.5 Å². The van der Waals surface area contributed by atoms with Gasteiger partial charge in [-0.1, -0.05) is 0 Å². The van der Waals surface area contributed by atoms with Gasteiger partial charge in [-0.3, -0.25) is 4.46 Å². The van der Waals surface area contributed by atoms with Crippen LogP contribution in [-0.2, 0) is 4.46 Å². The van der Waals surface area contributed by atoms with Crippen LogP contribution >= 0.6 is 0 Å². The molecule has 0 aliphatic rings. The average Bonchev–Trinajstić information content (AvgIpc) is 0.811. The second-order valence-corrected chi connectivity index (χ2v) is 0.848. The number of hydrogen-bond acceptors (Lipinski definition) is 4. The van der Waals surface area contributed by atoms with E-state index in [1.54, 1.807) is 0 Å². The maximum Gasteiger partial charge on any atom is 3.00 e. The molecule has 0 spiro atoms. The summed E-state index contributed by atoms with van der Waals surface area (Å²) in [7, 11) is -3.13. The minimum atomic E-state index is -3.13. The summed E-state index contributed by atoms with van der Waals surface area (Å²) in [6.45, 7) is 0. The van der Waals surface area contributed by atoms with E-state index in [1.807, 2.05) is 0 Å². The van der Waals surface area contributed by atoms with Crippen LogP contribution in [0.1, 0.15) is 0 Å². The quantitative estimate of drug-likeness (QED) is 0.369. The first-order valence-corrected chi connectivity index (χ1v) is 1.95. The van der Waals surface area contributed by atoms with E-state index in [2.05, 4.69) is 0 Å². The van der Waals surface area contributed by atoms with Gasteiger partial charge >= 0.3 is 26.5 Å². The molecule has 0 radical (unpaired) electrons. The summed E-state index contributed by atoms with van der Waals surface area (Å²) in [5, 5.41) is 0. The first-order chi connectivity index (χ1) is 1.73. The molecule has 0 heterocycles. The Hall–Kier alpha value is 0.0294. The topological polar surface area (TPSA) is 148 Å². The van der Waals surface area contributed by atoms with Crippen molar-refractivity contribution < 1.29 is 30.5 Å². The van der Waals surface area contributed by atoms with E-state index in [-0.39, 0.29) is 33.8 Å². The average molecular weight is 156 g/mol. The van der Waals surface area contributed by atoms with E-state index in [0.717, 1.165) is 0 Å². The fourth-order valence-corrected chi connectivity index (χ4v) is 0. The van der Waals surface area contributed by atoms with Crippen molar-refractivity contribution in [3.63, 3.8) is 0 Å². The molecular formula is H5AlO6Si. The molecule has 8 heteroatoms. The largest absolute Gasteiger partial charge is 3.00 e. The molecule has 0 amide bonds. The van der Waals surface area contributed by atoms with E-state index in [9.17, 15) is 0 Å². The first kappa shape index (κ1) is 43.2. The Balaban J connectivity index is -0.00000000750. The zero-order chi connectivity index (χ0) is 3.58. The summed E-state index contributed by atoms with van der Waals surface area (Å²) in [4.78, 5) is 14.3. The summed E-state index contributed by atoms with van der Waals surface area (Å²) in [6.07, 6.45) is 0. The smallest absolute Gasteiger partial charge is 0.870 e. The van der Waals surface area contributed by atoms with Crippen molar-refractivity contribution in [2.75, 3.05) is 0 Å². The van der Waals surface area contributed by atoms with Crippen LogP contribution in [0.15, 0.2) is 0 Å². The van der Waals surface area contributed by atoms with Gasteiger partial charge in [-0.05, 0) is 0 Å². The Kier molecular flexibility index (Phi) is 150. The molecule has 48 valence electrons. The molecule has 0 aromatic heterocycles. The Morgan fingerprint density at radius 2 is 1.00 bits per heavy atom. The third-order valence-electron chi connectivity index (χ3n) is 0. The maximum atomic E-state index is 8.74. The molecule has 5 N–H and O–H groups in total. The van der Waals surface area contributed by atoms with Crippen molar-refractivity contribution in [1.82, 2.24) is 0 Å². The third kappa shape index (κ3) is 177000. The summed E-state index contributed by atoms with van der Waals surface area (Å²) in [5.41, 5.74) is 0. The minimum absolute atomic E-state index is 0. The Bertz CT molecular complexity index is 31.5. The molecule has 0 unspecified atom stereocenters. The van der Waals surface area contributed by atoms with Crippen LogP contribution in [0.4, 0.5) is 0 Å². The maximum absolute atomic E-state index is 8.74. The van der Waals surface area contributed by atoms with Gasteiger partial charge in [0.15, 0.2) is 0 Å². The van der Waals surface area contributed by atoms with Crippen molar-refractivity contribution in [3.8, 4) is 0 Å². The van der Waals surface area contributed by atoms with Gasteiger partial charge in [0.2, 0.25) is 0 Å². The zero-order valence-electron chi connectivity index (χ0n) is 3.72. The minimum Gasteiger partial charge on any atom is -0.870 e. The van der Waals surface area contributed by atoms with Gasteiger partial charge in [-0.15, -0.1) is 0 Å². The van der Waals surface area contributed by atoms with Gasteiger partial charge in [-0.2, -0.15) is 0 Å². The predicted octanol–water partition coefficient (Wildman–Crippen LogP) is -2.52. The fourth-order valence-electron chi connectivity index (χ4n) is 0. The predicted molar refractivity (Wildman–Crippen MR) is 22.4 cm³/mol. The molecule has 0 aliphatic heterocycles. The zero-order valence-corrected chi connectivity index (χ0v) is 5.88. The molecule has 0 saturated carbocycles. The second kappa shape index (κ2) is 27.8. The van der Waals surface area contributed by atoms with Gasteiger partial charge in [0.1, 0.15) is 0 Å². The van der Waals surface area contributed by atoms with Crippen LogP contribution in [0, 0.1) is 0 Å². The van der Waals surface area contributed by atoms with Crippen molar-refractivity contribution in [2.24, 2.45) is 0 Å². The Morgan fingerprint density at radius 1 is 1.00 bits per heavy atom. The van der Waals surface area contributed by atoms with Crippen LogP contribution in [0.2, 0.25) is 0 Å². The van der Waals surface area contributed by atoms with Crippen molar-refractivity contribution in [3.05, 3.63) is 0 Å². The van der Waals surface area contributed by atoms with E-state index in [0.29, 0.717) is 0 Å². The Labute approximate surface area is 57.7 Å². The molecular weight excluding hydrogens is 151 g/mol. The summed E-state index contributed by atoms with van der Waals surface area (Å²) in [6, 6.07) is 0. The van der Waals surface area contributed by atoms with E-state index >= 15 is 0 Å². The standard InChI is InChI=1S/Al.H2O3Si.3H2O/c;1-4(2)3;;;/h;1-2H;3*1H2/q+3;;;;/p-3. The van der Waals surface area contributed by atoms with Gasteiger partial charge in [-0.25, -0.2) is 0 Å². The molecule has 0 aliphatic carbocycles. The van der Waals surface area contributed by atoms with Gasteiger partial charge in [0, 0.05) is 0 Å². The normalized spacial score (nSPS) is 3.00. The van der Waals surface area contributed by atoms with Crippen molar-refractivity contribution in [1.29, 1.82) is 0 Å². The van der Waals surface area contributed by atoms with Crippen LogP contribution in [0.25, 0.3) is 0 Å². The number of hydrogen-bond donors (Lipinski definition) is 2. The van der Waals surface area contributed by atoms with Crippen molar-refractivity contribution in [2.45, 2.75) is 0 Å². The number of rotatable bonds is 0. The van der Waals surface area contributed by atoms with Crippen LogP contribution in [-0.4, -0.2) is 52.6 Å². The monoisotopic (exact) mass is 156 g/mol. The van der Waals surface area contributed by atoms with Gasteiger partial charge < -0.3 is 26.0 Å². The van der Waals surface area contributed by atoms with E-state index in [1.165, 1.54) is 0 Å². The van der Waals surface area contributed by atoms with Gasteiger partial charge in [0.25, 0.3) is 0 Å². The SMILES string of the molecule is O=[Si](O)O.[Al+3].[OH-].[OH-].[OH-]. The Morgan fingerprint density at radius 3 is 1.00 bits per heavy atom. The second-order valence-electron chi connectivity index (χ2n) is 0.283. The van der Waals surface area contributed by atoms with Crippen LogP contribution in [0.3, 0.4) is 0 Å². The molecule has 0 aromatic carbocycles. The first-order valence-electron chi connectivity index (χ1n) is 0.651. The summed E-state index contributed by atoms with van der Waals surface area (Å²) < 4.78 is 8.74. The molecule has 0 aromatic rings. The third-order valence-corrected chi connectivity index (χ3v) is 0. The van der Waals surface area contributed by atoms with Crippen LogP contribution in [0.5, 0.6) is 0 Å². The van der Waals surface area contributed by atoms with E-state index < -0.39 is 9.17 Å². The summed E-state index contributed by atoms with van der Waals surface area (Å²) >= 11 is 0. The molecule has 0 saturated heterocycles. The molecule has 0 bridgehead atoms. The molecule has 0 atom stereocenters. The van der Waals surface area contributed by atoms with Gasteiger partial charge in [0.05, 0.1) is 0 Å². The summed E-state index contributed by atoms with van der Waals surface area (Å²) in [5.74, 6) is 0. The molecule has 8 heavy (non-hydrogen) atoms. The fraction of sp³-hybridized carbons (Fsp3) is 0. The molecule has 0 fully saturated rings.